The molecular formula is C18H19N3O5. The molecule has 0 spiro atoms. The van der Waals surface area contributed by atoms with Crippen LogP contribution in [0.15, 0.2) is 48.5 Å². The molecule has 0 fully saturated rings. The van der Waals surface area contributed by atoms with Crippen molar-refractivity contribution in [2.24, 2.45) is 0 Å². The molecule has 2 rings (SSSR count). The second-order valence-corrected chi connectivity index (χ2v) is 5.38. The fourth-order valence-corrected chi connectivity index (χ4v) is 2.37. The van der Waals surface area contributed by atoms with Crippen LogP contribution in [-0.4, -0.2) is 41.8 Å². The van der Waals surface area contributed by atoms with Crippen LogP contribution in [0.3, 0.4) is 0 Å². The Balaban J connectivity index is 2.10. The first kappa shape index (κ1) is 18.9. The predicted octanol–water partition coefficient (Wildman–Crippen LogP) is 2.70. The number of methoxy groups -OCH3 is 1. The highest BCUT2D eigenvalue weighted by Gasteiger charge is 2.20. The lowest BCUT2D eigenvalue weighted by Crippen LogP contribution is -2.37. The maximum absolute atomic E-state index is 12.6. The summed E-state index contributed by atoms with van der Waals surface area (Å²) in [6, 6.07) is 12.4. The molecule has 0 atom stereocenters. The minimum absolute atomic E-state index is 0.158. The quantitative estimate of drug-likeness (QED) is 0.606. The topological polar surface area (TPSA) is 102 Å². The van der Waals surface area contributed by atoms with E-state index in [9.17, 15) is 19.7 Å². The van der Waals surface area contributed by atoms with Gasteiger partial charge in [0.2, 0.25) is 5.91 Å². The van der Waals surface area contributed by atoms with Crippen molar-refractivity contribution in [3.8, 4) is 5.75 Å². The molecule has 1 N–H and O–H groups in total. The van der Waals surface area contributed by atoms with Crippen molar-refractivity contribution in [1.82, 2.24) is 4.90 Å². The smallest absolute Gasteiger partial charge is 0.270 e. The molecule has 26 heavy (non-hydrogen) atoms. The highest BCUT2D eigenvalue weighted by atomic mass is 16.6. The second-order valence-electron chi connectivity index (χ2n) is 5.38. The van der Waals surface area contributed by atoms with Gasteiger partial charge in [-0.1, -0.05) is 18.2 Å². The summed E-state index contributed by atoms with van der Waals surface area (Å²) in [5.41, 5.74) is 0.482. The van der Waals surface area contributed by atoms with Gasteiger partial charge in [0.05, 0.1) is 17.7 Å². The molecule has 2 aromatic rings. The molecule has 0 bridgehead atoms. The summed E-state index contributed by atoms with van der Waals surface area (Å²) in [5, 5.41) is 13.6. The lowest BCUT2D eigenvalue weighted by Gasteiger charge is -2.20. The van der Waals surface area contributed by atoms with Crippen molar-refractivity contribution in [2.75, 3.05) is 25.5 Å². The molecule has 136 valence electrons. The fourth-order valence-electron chi connectivity index (χ4n) is 2.37. The van der Waals surface area contributed by atoms with E-state index in [-0.39, 0.29) is 24.3 Å². The van der Waals surface area contributed by atoms with Crippen molar-refractivity contribution in [3.63, 3.8) is 0 Å². The SMILES string of the molecule is CCN(CC(=O)Nc1ccccc1OC)C(=O)c1cccc([N+](=O)[O-])c1. The number of nitrogens with one attached hydrogen (secondary N) is 1. The number of nitro groups is 1. The van der Waals surface area contributed by atoms with E-state index in [1.165, 1.54) is 36.3 Å². The van der Waals surface area contributed by atoms with Crippen LogP contribution in [0.25, 0.3) is 0 Å². The Morgan fingerprint density at radius 1 is 1.19 bits per heavy atom. The Labute approximate surface area is 150 Å². The van der Waals surface area contributed by atoms with E-state index in [1.54, 1.807) is 31.2 Å². The summed E-state index contributed by atoms with van der Waals surface area (Å²) in [6.45, 7) is 1.82. The second kappa shape index (κ2) is 8.61. The van der Waals surface area contributed by atoms with Crippen LogP contribution in [0.5, 0.6) is 5.75 Å². The molecule has 0 saturated heterocycles. The first-order valence-electron chi connectivity index (χ1n) is 7.92. The molecule has 0 aliphatic heterocycles. The van der Waals surface area contributed by atoms with Crippen molar-refractivity contribution in [3.05, 3.63) is 64.2 Å². The molecule has 2 amide bonds. The number of hydrogen-bond donors (Lipinski definition) is 1. The average Bonchev–Trinajstić information content (AvgIpc) is 2.66. The first-order valence-corrected chi connectivity index (χ1v) is 7.92. The van der Waals surface area contributed by atoms with Crippen molar-refractivity contribution in [1.29, 1.82) is 0 Å². The number of likely N-dealkylation sites (N-methyl/N-ethyl adjacent to an activating group) is 1. The molecule has 0 saturated carbocycles. The van der Waals surface area contributed by atoms with E-state index >= 15 is 0 Å². The zero-order chi connectivity index (χ0) is 19.1. The molecule has 2 aromatic carbocycles. The van der Waals surface area contributed by atoms with Gasteiger partial charge < -0.3 is 15.0 Å². The third-order valence-corrected chi connectivity index (χ3v) is 3.69. The van der Waals surface area contributed by atoms with Crippen molar-refractivity contribution in [2.45, 2.75) is 6.92 Å². The number of carbonyl (C=O) groups is 2. The highest BCUT2D eigenvalue weighted by molar-refractivity contribution is 6.00. The van der Waals surface area contributed by atoms with Crippen LogP contribution >= 0.6 is 0 Å². The first-order chi connectivity index (χ1) is 12.5. The Bertz CT molecular complexity index is 822. The number of nitrogens with zero attached hydrogens (tertiary/aromatic N) is 2. The summed E-state index contributed by atoms with van der Waals surface area (Å²) in [5.74, 6) is -0.338. The zero-order valence-corrected chi connectivity index (χ0v) is 14.5. The Morgan fingerprint density at radius 3 is 2.58 bits per heavy atom. The minimum Gasteiger partial charge on any atom is -0.495 e. The van der Waals surface area contributed by atoms with Crippen LogP contribution in [0.4, 0.5) is 11.4 Å². The molecule has 8 nitrogen and oxygen atoms in total. The van der Waals surface area contributed by atoms with Crippen LogP contribution < -0.4 is 10.1 Å². The maximum Gasteiger partial charge on any atom is 0.270 e. The van der Waals surface area contributed by atoms with E-state index in [1.807, 2.05) is 0 Å². The number of hydrogen-bond acceptors (Lipinski definition) is 5. The number of nitro benzene ring substituents is 1. The highest BCUT2D eigenvalue weighted by Crippen LogP contribution is 2.23. The lowest BCUT2D eigenvalue weighted by atomic mass is 10.1. The molecule has 0 unspecified atom stereocenters. The number of ether oxygens (including phenoxy) is 1. The monoisotopic (exact) mass is 357 g/mol. The molecule has 0 radical (unpaired) electrons. The van der Waals surface area contributed by atoms with E-state index in [4.69, 9.17) is 4.74 Å². The summed E-state index contributed by atoms with van der Waals surface area (Å²) >= 11 is 0. The Hall–Kier alpha value is -3.42. The average molecular weight is 357 g/mol. The normalized spacial score (nSPS) is 10.1. The standard InChI is InChI=1S/C18H19N3O5/c1-3-20(18(23)13-7-6-8-14(11-13)21(24)25)12-17(22)19-15-9-4-5-10-16(15)26-2/h4-11H,3,12H2,1-2H3,(H,19,22). The van der Waals surface area contributed by atoms with E-state index < -0.39 is 16.7 Å². The maximum atomic E-state index is 12.6. The van der Waals surface area contributed by atoms with Crippen LogP contribution in [-0.2, 0) is 4.79 Å². The number of para-hydroxylation sites is 2. The van der Waals surface area contributed by atoms with Crippen molar-refractivity contribution < 1.29 is 19.2 Å². The molecular weight excluding hydrogens is 338 g/mol. The number of carbonyl (C=O) groups excluding carboxylic acids is 2. The third-order valence-electron chi connectivity index (χ3n) is 3.69. The number of non-ortho nitro benzene ring substituents is 1. The van der Waals surface area contributed by atoms with Gasteiger partial charge in [-0.05, 0) is 25.1 Å². The van der Waals surface area contributed by atoms with Gasteiger partial charge in [-0.15, -0.1) is 0 Å². The Kier molecular flexibility index (Phi) is 6.26. The summed E-state index contributed by atoms with van der Waals surface area (Å²) in [6.07, 6.45) is 0. The summed E-state index contributed by atoms with van der Waals surface area (Å²) in [7, 11) is 1.50. The third kappa shape index (κ3) is 4.56. The number of anilines is 1. The fraction of sp³-hybridized carbons (Fsp3) is 0.222. The van der Waals surface area contributed by atoms with Gasteiger partial charge in [-0.25, -0.2) is 0 Å². The number of amides is 2. The molecule has 0 aliphatic carbocycles. The molecule has 0 heterocycles. The van der Waals surface area contributed by atoms with E-state index in [0.29, 0.717) is 11.4 Å². The van der Waals surface area contributed by atoms with Crippen LogP contribution in [0.2, 0.25) is 0 Å². The largest absolute Gasteiger partial charge is 0.495 e. The van der Waals surface area contributed by atoms with E-state index in [0.717, 1.165) is 0 Å². The lowest BCUT2D eigenvalue weighted by molar-refractivity contribution is -0.384. The summed E-state index contributed by atoms with van der Waals surface area (Å²) < 4.78 is 5.17. The predicted molar refractivity (Wildman–Crippen MR) is 96.3 cm³/mol. The van der Waals surface area contributed by atoms with Gasteiger partial charge in [0, 0.05) is 24.2 Å². The van der Waals surface area contributed by atoms with Crippen LogP contribution in [0, 0.1) is 10.1 Å². The number of rotatable bonds is 7. The van der Waals surface area contributed by atoms with Gasteiger partial charge in [-0.2, -0.15) is 0 Å². The van der Waals surface area contributed by atoms with E-state index in [2.05, 4.69) is 5.32 Å². The van der Waals surface area contributed by atoms with Gasteiger partial charge in [0.25, 0.3) is 11.6 Å². The van der Waals surface area contributed by atoms with Crippen molar-refractivity contribution >= 4 is 23.2 Å². The van der Waals surface area contributed by atoms with Gasteiger partial charge in [-0.3, -0.25) is 19.7 Å². The zero-order valence-electron chi connectivity index (χ0n) is 14.5. The minimum atomic E-state index is -0.568. The van der Waals surface area contributed by atoms with Gasteiger partial charge in [0.1, 0.15) is 12.3 Å². The van der Waals surface area contributed by atoms with Gasteiger partial charge >= 0.3 is 0 Å². The molecule has 0 aliphatic rings. The van der Waals surface area contributed by atoms with Gasteiger partial charge in [0.15, 0.2) is 0 Å². The molecule has 8 heteroatoms. The summed E-state index contributed by atoms with van der Waals surface area (Å²) in [4.78, 5) is 36.5. The Morgan fingerprint density at radius 2 is 1.92 bits per heavy atom. The number of benzene rings is 2. The molecule has 0 aromatic heterocycles. The van der Waals surface area contributed by atoms with Crippen LogP contribution in [0.1, 0.15) is 17.3 Å².